The summed E-state index contributed by atoms with van der Waals surface area (Å²) in [5.41, 5.74) is 5.15. The van der Waals surface area contributed by atoms with Gasteiger partial charge in [-0.25, -0.2) is 8.78 Å². The van der Waals surface area contributed by atoms with E-state index in [9.17, 15) is 8.78 Å². The average molecular weight is 211 g/mol. The molecule has 72 valence electrons. The van der Waals surface area contributed by atoms with Gasteiger partial charge in [-0.15, -0.1) is 24.8 Å². The van der Waals surface area contributed by atoms with E-state index in [2.05, 4.69) is 5.32 Å². The topological polar surface area (TPSA) is 38.0 Å². The molecule has 0 unspecified atom stereocenters. The summed E-state index contributed by atoms with van der Waals surface area (Å²) in [6.07, 6.45) is -2.28. The molecular formula is C5H14Cl2F2N2. The first kappa shape index (κ1) is 17.4. The summed E-state index contributed by atoms with van der Waals surface area (Å²) >= 11 is 0. The van der Waals surface area contributed by atoms with Gasteiger partial charge in [-0.2, -0.15) is 0 Å². The van der Waals surface area contributed by atoms with Crippen molar-refractivity contribution in [3.63, 3.8) is 0 Å². The lowest BCUT2D eigenvalue weighted by Crippen LogP contribution is -2.36. The van der Waals surface area contributed by atoms with Crippen molar-refractivity contribution in [2.75, 3.05) is 13.1 Å². The zero-order valence-corrected chi connectivity index (χ0v) is 7.85. The predicted octanol–water partition coefficient (Wildman–Crippen LogP) is 1.03. The van der Waals surface area contributed by atoms with Crippen molar-refractivity contribution in [3.8, 4) is 0 Å². The molecule has 0 aromatic carbocycles. The van der Waals surface area contributed by atoms with Crippen LogP contribution in [-0.4, -0.2) is 25.6 Å². The van der Waals surface area contributed by atoms with E-state index >= 15 is 0 Å². The quantitative estimate of drug-likeness (QED) is 0.728. The Morgan fingerprint density at radius 1 is 1.36 bits per heavy atom. The van der Waals surface area contributed by atoms with Crippen LogP contribution in [0.3, 0.4) is 0 Å². The van der Waals surface area contributed by atoms with Gasteiger partial charge < -0.3 is 11.1 Å². The fourth-order valence-corrected chi connectivity index (χ4v) is 0.374. The van der Waals surface area contributed by atoms with Crippen molar-refractivity contribution in [1.82, 2.24) is 5.32 Å². The molecule has 0 saturated carbocycles. The van der Waals surface area contributed by atoms with Crippen molar-refractivity contribution >= 4 is 24.8 Å². The van der Waals surface area contributed by atoms with Crippen molar-refractivity contribution in [2.45, 2.75) is 19.4 Å². The van der Waals surface area contributed by atoms with Gasteiger partial charge in [-0.1, -0.05) is 0 Å². The van der Waals surface area contributed by atoms with E-state index < -0.39 is 6.43 Å². The molecule has 0 radical (unpaired) electrons. The van der Waals surface area contributed by atoms with Crippen LogP contribution in [0.25, 0.3) is 0 Å². The number of nitrogens with one attached hydrogen (secondary N) is 1. The van der Waals surface area contributed by atoms with Gasteiger partial charge in [0.15, 0.2) is 0 Å². The SMILES string of the molecule is C[C@@H](CN)NCC(F)F.Cl.Cl. The standard InChI is InChI=1S/C5H12F2N2.2ClH/c1-4(2-8)9-3-5(6)7;;/h4-5,9H,2-3,8H2,1H3;2*1H/t4-;;/m0../s1. The highest BCUT2D eigenvalue weighted by molar-refractivity contribution is 5.85. The van der Waals surface area contributed by atoms with Crippen LogP contribution in [0.4, 0.5) is 8.78 Å². The largest absolute Gasteiger partial charge is 0.329 e. The Labute approximate surface area is 77.7 Å². The maximum Gasteiger partial charge on any atom is 0.250 e. The minimum absolute atomic E-state index is 0. The molecule has 1 atom stereocenters. The summed E-state index contributed by atoms with van der Waals surface area (Å²) < 4.78 is 22.9. The van der Waals surface area contributed by atoms with Gasteiger partial charge in [-0.05, 0) is 6.92 Å². The Morgan fingerprint density at radius 2 is 1.82 bits per heavy atom. The summed E-state index contributed by atoms with van der Waals surface area (Å²) in [6.45, 7) is 1.90. The lowest BCUT2D eigenvalue weighted by molar-refractivity contribution is 0.142. The Hall–Kier alpha value is 0.360. The molecule has 0 aliphatic carbocycles. The summed E-state index contributed by atoms with van der Waals surface area (Å²) in [6, 6.07) is -0.0148. The molecule has 0 fully saturated rings. The van der Waals surface area contributed by atoms with E-state index in [1.54, 1.807) is 6.92 Å². The molecule has 0 aliphatic rings. The number of halogens is 4. The Balaban J connectivity index is -0.000000320. The van der Waals surface area contributed by atoms with Crippen LogP contribution in [-0.2, 0) is 0 Å². The molecular weight excluding hydrogens is 197 g/mol. The van der Waals surface area contributed by atoms with Gasteiger partial charge in [0.1, 0.15) is 0 Å². The van der Waals surface area contributed by atoms with Crippen LogP contribution >= 0.6 is 24.8 Å². The molecule has 2 nitrogen and oxygen atoms in total. The third kappa shape index (κ3) is 13.4. The molecule has 6 heteroatoms. The third-order valence-corrected chi connectivity index (χ3v) is 0.974. The fraction of sp³-hybridized carbons (Fsp3) is 1.00. The maximum absolute atomic E-state index is 11.4. The minimum Gasteiger partial charge on any atom is -0.329 e. The van der Waals surface area contributed by atoms with Gasteiger partial charge in [0.2, 0.25) is 0 Å². The molecule has 0 aromatic heterocycles. The first-order chi connectivity index (χ1) is 4.16. The molecule has 0 saturated heterocycles. The first-order valence-electron chi connectivity index (χ1n) is 2.88. The normalized spacial score (nSPS) is 11.7. The van der Waals surface area contributed by atoms with Crippen LogP contribution in [0, 0.1) is 0 Å². The van der Waals surface area contributed by atoms with E-state index in [1.807, 2.05) is 0 Å². The highest BCUT2D eigenvalue weighted by Crippen LogP contribution is 1.88. The van der Waals surface area contributed by atoms with Gasteiger partial charge in [-0.3, -0.25) is 0 Å². The fourth-order valence-electron chi connectivity index (χ4n) is 0.374. The average Bonchev–Trinajstić information content (AvgIpc) is 1.83. The second kappa shape index (κ2) is 10.4. The monoisotopic (exact) mass is 210 g/mol. The second-order valence-electron chi connectivity index (χ2n) is 1.94. The van der Waals surface area contributed by atoms with Crippen LogP contribution in [0.2, 0.25) is 0 Å². The van der Waals surface area contributed by atoms with Crippen LogP contribution in [0.1, 0.15) is 6.92 Å². The van der Waals surface area contributed by atoms with E-state index in [0.29, 0.717) is 6.54 Å². The van der Waals surface area contributed by atoms with E-state index in [0.717, 1.165) is 0 Å². The zero-order chi connectivity index (χ0) is 7.28. The van der Waals surface area contributed by atoms with Gasteiger partial charge >= 0.3 is 0 Å². The molecule has 0 spiro atoms. The summed E-state index contributed by atoms with van der Waals surface area (Å²) in [5.74, 6) is 0. The lowest BCUT2D eigenvalue weighted by Gasteiger charge is -2.09. The summed E-state index contributed by atoms with van der Waals surface area (Å²) in [4.78, 5) is 0. The Morgan fingerprint density at radius 3 is 2.09 bits per heavy atom. The molecule has 0 aromatic rings. The van der Waals surface area contributed by atoms with Crippen molar-refractivity contribution < 1.29 is 8.78 Å². The predicted molar refractivity (Wildman–Crippen MR) is 47.0 cm³/mol. The molecule has 0 heterocycles. The van der Waals surface area contributed by atoms with Crippen molar-refractivity contribution in [1.29, 1.82) is 0 Å². The van der Waals surface area contributed by atoms with E-state index in [4.69, 9.17) is 5.73 Å². The first-order valence-corrected chi connectivity index (χ1v) is 2.88. The molecule has 11 heavy (non-hydrogen) atoms. The van der Waals surface area contributed by atoms with Crippen LogP contribution < -0.4 is 11.1 Å². The molecule has 0 aliphatic heterocycles. The minimum atomic E-state index is -2.28. The number of alkyl halides is 2. The molecule has 3 N–H and O–H groups in total. The molecule has 0 amide bonds. The zero-order valence-electron chi connectivity index (χ0n) is 6.22. The van der Waals surface area contributed by atoms with Crippen LogP contribution in [0.15, 0.2) is 0 Å². The number of hydrogen-bond donors (Lipinski definition) is 2. The maximum atomic E-state index is 11.4. The van der Waals surface area contributed by atoms with Crippen LogP contribution in [0.5, 0.6) is 0 Å². The molecule has 0 rings (SSSR count). The summed E-state index contributed by atoms with van der Waals surface area (Å²) in [7, 11) is 0. The van der Waals surface area contributed by atoms with Gasteiger partial charge in [0.05, 0.1) is 6.54 Å². The van der Waals surface area contributed by atoms with E-state index in [1.165, 1.54) is 0 Å². The van der Waals surface area contributed by atoms with Gasteiger partial charge in [0, 0.05) is 12.6 Å². The number of hydrogen-bond acceptors (Lipinski definition) is 2. The number of rotatable bonds is 4. The Bertz CT molecular complexity index is 75.5. The van der Waals surface area contributed by atoms with Crippen molar-refractivity contribution in [3.05, 3.63) is 0 Å². The Kier molecular flexibility index (Phi) is 16.4. The lowest BCUT2D eigenvalue weighted by atomic mass is 10.3. The highest BCUT2D eigenvalue weighted by atomic mass is 35.5. The van der Waals surface area contributed by atoms with Gasteiger partial charge in [0.25, 0.3) is 6.43 Å². The second-order valence-corrected chi connectivity index (χ2v) is 1.94. The highest BCUT2D eigenvalue weighted by Gasteiger charge is 2.03. The third-order valence-electron chi connectivity index (χ3n) is 0.974. The summed E-state index contributed by atoms with van der Waals surface area (Å²) in [5, 5.41) is 2.56. The molecule has 0 bridgehead atoms. The van der Waals surface area contributed by atoms with E-state index in [-0.39, 0.29) is 37.4 Å². The number of nitrogens with two attached hydrogens (primary N) is 1. The smallest absolute Gasteiger partial charge is 0.250 e. The van der Waals surface area contributed by atoms with Crippen molar-refractivity contribution in [2.24, 2.45) is 5.73 Å².